The summed E-state index contributed by atoms with van der Waals surface area (Å²) in [7, 11) is 1.55. The third kappa shape index (κ3) is 3.81. The molecule has 0 unspecified atom stereocenters. The van der Waals surface area contributed by atoms with E-state index >= 15 is 0 Å². The van der Waals surface area contributed by atoms with Gasteiger partial charge in [0.2, 0.25) is 11.6 Å². The molecule has 0 aliphatic rings. The lowest BCUT2D eigenvalue weighted by molar-refractivity contribution is 0.0950. The average molecular weight is 454 g/mol. The van der Waals surface area contributed by atoms with Crippen molar-refractivity contribution in [1.82, 2.24) is 30.7 Å². The molecule has 2 heterocycles. The minimum Gasteiger partial charge on any atom is -0.497 e. The van der Waals surface area contributed by atoms with E-state index in [0.717, 1.165) is 16.3 Å². The minimum atomic E-state index is -0.574. The number of nitrogens with two attached hydrogens (primary N) is 1. The second kappa shape index (κ2) is 8.82. The van der Waals surface area contributed by atoms with Crippen molar-refractivity contribution >= 4 is 28.7 Å². The lowest BCUT2D eigenvalue weighted by Crippen LogP contribution is -2.19. The molecule has 168 valence electrons. The zero-order chi connectivity index (χ0) is 23.5. The molecule has 3 N–H and O–H groups in total. The third-order valence-electron chi connectivity index (χ3n) is 5.12. The SMILES string of the molecule is COc1cccc(-c2c(C(=O)N/N=C/c3cccc4ccccc34)nnn2-c2nonc2N)c1. The van der Waals surface area contributed by atoms with Crippen LogP contribution in [0.1, 0.15) is 16.1 Å². The molecule has 5 rings (SSSR count). The number of benzene rings is 3. The minimum absolute atomic E-state index is 0.00465. The molecular weight excluding hydrogens is 436 g/mol. The first-order valence-corrected chi connectivity index (χ1v) is 10.2. The highest BCUT2D eigenvalue weighted by Gasteiger charge is 2.25. The van der Waals surface area contributed by atoms with Crippen LogP contribution in [0.5, 0.6) is 5.75 Å². The Morgan fingerprint density at radius 1 is 1.12 bits per heavy atom. The molecule has 0 saturated carbocycles. The van der Waals surface area contributed by atoms with Gasteiger partial charge in [-0.2, -0.15) is 9.78 Å². The maximum Gasteiger partial charge on any atom is 0.294 e. The Hall–Kier alpha value is -5.06. The summed E-state index contributed by atoms with van der Waals surface area (Å²) in [5, 5.41) is 21.7. The molecule has 2 aromatic heterocycles. The van der Waals surface area contributed by atoms with Gasteiger partial charge in [0, 0.05) is 11.1 Å². The number of nitrogens with one attached hydrogen (secondary N) is 1. The standard InChI is InChI=1S/C23H18N8O3/c1-33-17-10-5-8-15(12-17)20-19(26-30-31(20)22-21(24)28-34-29-22)23(32)27-25-13-16-9-4-7-14-6-2-3-11-18(14)16/h2-13H,1H3,(H2,24,28)(H,27,32)/b25-13+. The van der Waals surface area contributed by atoms with Crippen molar-refractivity contribution in [3.63, 3.8) is 0 Å². The monoisotopic (exact) mass is 454 g/mol. The predicted octanol–water partition coefficient (Wildman–Crippen LogP) is 2.83. The van der Waals surface area contributed by atoms with E-state index < -0.39 is 5.91 Å². The Balaban J connectivity index is 1.50. The van der Waals surface area contributed by atoms with E-state index in [1.807, 2.05) is 42.5 Å². The lowest BCUT2D eigenvalue weighted by Gasteiger charge is -2.07. The number of aromatic nitrogens is 5. The van der Waals surface area contributed by atoms with Gasteiger partial charge in [0.1, 0.15) is 11.4 Å². The number of nitrogen functional groups attached to an aromatic ring is 1. The van der Waals surface area contributed by atoms with Crippen molar-refractivity contribution in [1.29, 1.82) is 0 Å². The fourth-order valence-electron chi connectivity index (χ4n) is 3.53. The molecule has 0 radical (unpaired) electrons. The second-order valence-corrected chi connectivity index (χ2v) is 7.17. The van der Waals surface area contributed by atoms with Crippen LogP contribution in [0.3, 0.4) is 0 Å². The summed E-state index contributed by atoms with van der Waals surface area (Å²) in [5.74, 6) is 0.103. The van der Waals surface area contributed by atoms with Gasteiger partial charge in [-0.15, -0.1) is 5.10 Å². The van der Waals surface area contributed by atoms with Gasteiger partial charge in [-0.25, -0.2) is 10.1 Å². The first-order valence-electron chi connectivity index (χ1n) is 10.2. The summed E-state index contributed by atoms with van der Waals surface area (Å²) in [6.45, 7) is 0. The first-order chi connectivity index (χ1) is 16.7. The van der Waals surface area contributed by atoms with Gasteiger partial charge >= 0.3 is 0 Å². The van der Waals surface area contributed by atoms with Crippen molar-refractivity contribution < 1.29 is 14.2 Å². The van der Waals surface area contributed by atoms with E-state index in [-0.39, 0.29) is 17.3 Å². The van der Waals surface area contributed by atoms with Gasteiger partial charge in [0.25, 0.3) is 5.91 Å². The molecule has 34 heavy (non-hydrogen) atoms. The van der Waals surface area contributed by atoms with Gasteiger partial charge < -0.3 is 10.5 Å². The molecule has 0 saturated heterocycles. The van der Waals surface area contributed by atoms with Crippen LogP contribution in [0, 0.1) is 0 Å². The number of nitrogens with zero attached hydrogens (tertiary/aromatic N) is 6. The quantitative estimate of drug-likeness (QED) is 0.294. The van der Waals surface area contributed by atoms with Crippen molar-refractivity contribution in [3.05, 3.63) is 78.0 Å². The molecular formula is C23H18N8O3. The summed E-state index contributed by atoms with van der Waals surface area (Å²) in [6.07, 6.45) is 1.58. The van der Waals surface area contributed by atoms with Gasteiger partial charge in [0.05, 0.1) is 13.3 Å². The number of rotatable bonds is 6. The van der Waals surface area contributed by atoms with Crippen LogP contribution in [0.25, 0.3) is 27.8 Å². The van der Waals surface area contributed by atoms with Crippen molar-refractivity contribution in [2.45, 2.75) is 0 Å². The number of carbonyl (C=O) groups is 1. The molecule has 0 bridgehead atoms. The highest BCUT2D eigenvalue weighted by Crippen LogP contribution is 2.29. The van der Waals surface area contributed by atoms with Gasteiger partial charge in [0.15, 0.2) is 5.69 Å². The van der Waals surface area contributed by atoms with E-state index in [2.05, 4.69) is 31.2 Å². The maximum atomic E-state index is 13.1. The summed E-state index contributed by atoms with van der Waals surface area (Å²) in [5.41, 5.74) is 10.1. The third-order valence-corrected chi connectivity index (χ3v) is 5.12. The predicted molar refractivity (Wildman–Crippen MR) is 125 cm³/mol. The van der Waals surface area contributed by atoms with E-state index in [9.17, 15) is 4.79 Å². The molecule has 0 aliphatic heterocycles. The molecule has 0 spiro atoms. The Bertz CT molecular complexity index is 1520. The number of carbonyl (C=O) groups excluding carboxylic acids is 1. The smallest absolute Gasteiger partial charge is 0.294 e. The van der Waals surface area contributed by atoms with E-state index in [1.54, 1.807) is 37.6 Å². The van der Waals surface area contributed by atoms with Gasteiger partial charge in [-0.1, -0.05) is 59.8 Å². The topological polar surface area (TPSA) is 146 Å². The van der Waals surface area contributed by atoms with Crippen molar-refractivity contribution in [3.8, 4) is 22.8 Å². The number of ether oxygens (including phenoxy) is 1. The largest absolute Gasteiger partial charge is 0.497 e. The van der Waals surface area contributed by atoms with Crippen LogP contribution in [0.15, 0.2) is 76.5 Å². The number of methoxy groups -OCH3 is 1. The lowest BCUT2D eigenvalue weighted by atomic mass is 10.1. The Labute approximate surface area is 192 Å². The molecule has 0 fully saturated rings. The van der Waals surface area contributed by atoms with Crippen LogP contribution in [-0.4, -0.2) is 44.5 Å². The highest BCUT2D eigenvalue weighted by molar-refractivity contribution is 6.01. The average Bonchev–Trinajstić information content (AvgIpc) is 3.50. The van der Waals surface area contributed by atoms with Gasteiger partial charge in [-0.05, 0) is 33.2 Å². The molecule has 0 aliphatic carbocycles. The zero-order valence-electron chi connectivity index (χ0n) is 17.9. The zero-order valence-corrected chi connectivity index (χ0v) is 17.9. The summed E-state index contributed by atoms with van der Waals surface area (Å²) < 4.78 is 11.3. The van der Waals surface area contributed by atoms with Crippen molar-refractivity contribution in [2.24, 2.45) is 5.10 Å². The molecule has 0 atom stereocenters. The number of hydrogen-bond donors (Lipinski definition) is 2. The maximum absolute atomic E-state index is 13.1. The molecule has 11 heteroatoms. The van der Waals surface area contributed by atoms with Crippen LogP contribution in [-0.2, 0) is 0 Å². The number of amides is 1. The fourth-order valence-corrected chi connectivity index (χ4v) is 3.53. The van der Waals surface area contributed by atoms with Gasteiger partial charge in [-0.3, -0.25) is 4.79 Å². The molecule has 5 aromatic rings. The number of fused-ring (bicyclic) bond motifs is 1. The molecule has 1 amide bonds. The second-order valence-electron chi connectivity index (χ2n) is 7.17. The van der Waals surface area contributed by atoms with Crippen LogP contribution < -0.4 is 15.9 Å². The van der Waals surface area contributed by atoms with Crippen LogP contribution in [0.4, 0.5) is 5.82 Å². The number of anilines is 1. The number of hydrogen-bond acceptors (Lipinski definition) is 9. The van der Waals surface area contributed by atoms with Crippen LogP contribution >= 0.6 is 0 Å². The summed E-state index contributed by atoms with van der Waals surface area (Å²) in [4.78, 5) is 13.1. The highest BCUT2D eigenvalue weighted by atomic mass is 16.6. The summed E-state index contributed by atoms with van der Waals surface area (Å²) in [6, 6.07) is 20.8. The van der Waals surface area contributed by atoms with E-state index in [4.69, 9.17) is 15.1 Å². The fraction of sp³-hybridized carbons (Fsp3) is 0.0435. The summed E-state index contributed by atoms with van der Waals surface area (Å²) >= 11 is 0. The Morgan fingerprint density at radius 2 is 1.94 bits per heavy atom. The van der Waals surface area contributed by atoms with Crippen LogP contribution in [0.2, 0.25) is 0 Å². The first kappa shape index (κ1) is 20.8. The van der Waals surface area contributed by atoms with E-state index in [0.29, 0.717) is 17.0 Å². The normalized spacial score (nSPS) is 11.2. The Kier molecular flexibility index (Phi) is 5.40. The molecule has 11 nitrogen and oxygen atoms in total. The van der Waals surface area contributed by atoms with E-state index in [1.165, 1.54) is 4.68 Å². The number of hydrazone groups is 1. The Morgan fingerprint density at radius 3 is 2.76 bits per heavy atom. The molecule has 3 aromatic carbocycles. The van der Waals surface area contributed by atoms with Crippen molar-refractivity contribution in [2.75, 3.05) is 12.8 Å².